The van der Waals surface area contributed by atoms with Crippen molar-refractivity contribution in [3.8, 4) is 5.75 Å². The summed E-state index contributed by atoms with van der Waals surface area (Å²) in [5.74, 6) is 0.185. The molecule has 2 rings (SSSR count). The van der Waals surface area contributed by atoms with Crippen LogP contribution < -0.4 is 4.74 Å². The van der Waals surface area contributed by atoms with Crippen LogP contribution in [0.15, 0.2) is 24.3 Å². The minimum absolute atomic E-state index is 0.174. The monoisotopic (exact) mass is 344 g/mol. The van der Waals surface area contributed by atoms with Gasteiger partial charge in [-0.25, -0.2) is 4.79 Å². The molecule has 0 unspecified atom stereocenters. The van der Waals surface area contributed by atoms with Crippen LogP contribution in [0.3, 0.4) is 0 Å². The number of carbonyl (C=O) groups excluding carboxylic acids is 2. The van der Waals surface area contributed by atoms with E-state index in [4.69, 9.17) is 9.47 Å². The number of amides is 1. The second kappa shape index (κ2) is 7.88. The van der Waals surface area contributed by atoms with Crippen LogP contribution in [0, 0.1) is 13.8 Å². The van der Waals surface area contributed by atoms with Crippen molar-refractivity contribution in [2.45, 2.75) is 27.3 Å². The van der Waals surface area contributed by atoms with Gasteiger partial charge in [0.15, 0.2) is 0 Å². The number of nitrogens with one attached hydrogen (secondary N) is 1. The zero-order chi connectivity index (χ0) is 18.6. The molecule has 1 amide bonds. The topological polar surface area (TPSA) is 71.6 Å². The van der Waals surface area contributed by atoms with Gasteiger partial charge >= 0.3 is 5.97 Å². The Morgan fingerprint density at radius 2 is 1.80 bits per heavy atom. The van der Waals surface area contributed by atoms with Gasteiger partial charge in [0.2, 0.25) is 0 Å². The minimum atomic E-state index is -0.411. The summed E-state index contributed by atoms with van der Waals surface area (Å²) in [4.78, 5) is 29.5. The standard InChI is InChI=1S/C19H24N2O4/c1-6-25-19(23)16-12(2)17(20-13(16)3)18(22)21(4)11-14-7-9-15(24-5)10-8-14/h7-10,20H,6,11H2,1-5H3. The minimum Gasteiger partial charge on any atom is -0.497 e. The summed E-state index contributed by atoms with van der Waals surface area (Å²) in [5, 5.41) is 0. The maximum atomic E-state index is 12.8. The van der Waals surface area contributed by atoms with Crippen molar-refractivity contribution in [2.24, 2.45) is 0 Å². The molecule has 0 aliphatic rings. The molecule has 0 radical (unpaired) electrons. The van der Waals surface area contributed by atoms with E-state index in [0.717, 1.165) is 11.3 Å². The predicted molar refractivity (Wildman–Crippen MR) is 95.0 cm³/mol. The molecule has 6 nitrogen and oxygen atoms in total. The number of esters is 1. The van der Waals surface area contributed by atoms with Gasteiger partial charge in [0.1, 0.15) is 11.4 Å². The van der Waals surface area contributed by atoms with Crippen LogP contribution in [-0.2, 0) is 11.3 Å². The van der Waals surface area contributed by atoms with Gasteiger partial charge in [-0.05, 0) is 44.0 Å². The Kier molecular flexibility index (Phi) is 5.85. The quantitative estimate of drug-likeness (QED) is 0.818. The highest BCUT2D eigenvalue weighted by Gasteiger charge is 2.24. The molecule has 0 atom stereocenters. The number of hydrogen-bond acceptors (Lipinski definition) is 4. The second-order valence-corrected chi connectivity index (χ2v) is 5.85. The largest absolute Gasteiger partial charge is 0.497 e. The average molecular weight is 344 g/mol. The summed E-state index contributed by atoms with van der Waals surface area (Å²) in [6.45, 7) is 6.02. The third-order valence-corrected chi connectivity index (χ3v) is 4.06. The molecule has 1 aromatic carbocycles. The zero-order valence-electron chi connectivity index (χ0n) is 15.3. The third-order valence-electron chi connectivity index (χ3n) is 4.06. The van der Waals surface area contributed by atoms with E-state index in [1.807, 2.05) is 24.3 Å². The Morgan fingerprint density at radius 1 is 1.16 bits per heavy atom. The van der Waals surface area contributed by atoms with Gasteiger partial charge in [0, 0.05) is 19.3 Å². The van der Waals surface area contributed by atoms with Crippen molar-refractivity contribution >= 4 is 11.9 Å². The Bertz CT molecular complexity index is 762. The number of rotatable bonds is 6. The van der Waals surface area contributed by atoms with Gasteiger partial charge in [-0.2, -0.15) is 0 Å². The number of benzene rings is 1. The Morgan fingerprint density at radius 3 is 2.36 bits per heavy atom. The molecule has 134 valence electrons. The Hall–Kier alpha value is -2.76. The first kappa shape index (κ1) is 18.6. The summed E-state index contributed by atoms with van der Waals surface area (Å²) >= 11 is 0. The lowest BCUT2D eigenvalue weighted by molar-refractivity contribution is 0.0525. The van der Waals surface area contributed by atoms with Crippen LogP contribution in [0.2, 0.25) is 0 Å². The first-order valence-corrected chi connectivity index (χ1v) is 8.13. The highest BCUT2D eigenvalue weighted by molar-refractivity contribution is 6.00. The summed E-state index contributed by atoms with van der Waals surface area (Å²) in [6, 6.07) is 7.55. The predicted octanol–water partition coefficient (Wildman–Crippen LogP) is 3.09. The van der Waals surface area contributed by atoms with Crippen LogP contribution >= 0.6 is 0 Å². The van der Waals surface area contributed by atoms with Gasteiger partial charge in [-0.3, -0.25) is 4.79 Å². The van der Waals surface area contributed by atoms with Gasteiger partial charge in [-0.15, -0.1) is 0 Å². The molecule has 1 heterocycles. The van der Waals surface area contributed by atoms with Crippen LogP contribution in [0.4, 0.5) is 0 Å². The van der Waals surface area contributed by atoms with Crippen LogP contribution in [-0.4, -0.2) is 42.5 Å². The molecule has 0 aliphatic heterocycles. The molecule has 0 saturated carbocycles. The third kappa shape index (κ3) is 4.02. The van der Waals surface area contributed by atoms with E-state index in [-0.39, 0.29) is 5.91 Å². The lowest BCUT2D eigenvalue weighted by Crippen LogP contribution is -2.27. The fourth-order valence-electron chi connectivity index (χ4n) is 2.74. The smallest absolute Gasteiger partial charge is 0.340 e. The summed E-state index contributed by atoms with van der Waals surface area (Å²) < 4.78 is 10.2. The zero-order valence-corrected chi connectivity index (χ0v) is 15.3. The fraction of sp³-hybridized carbons (Fsp3) is 0.368. The van der Waals surface area contributed by atoms with Crippen molar-refractivity contribution in [1.29, 1.82) is 0 Å². The van der Waals surface area contributed by atoms with Gasteiger partial charge in [0.05, 0.1) is 19.3 Å². The van der Waals surface area contributed by atoms with E-state index in [2.05, 4.69) is 4.98 Å². The number of hydrogen-bond donors (Lipinski definition) is 1. The van der Waals surface area contributed by atoms with E-state index < -0.39 is 5.97 Å². The van der Waals surface area contributed by atoms with Crippen molar-refractivity contribution in [3.05, 3.63) is 52.3 Å². The number of H-pyrrole nitrogens is 1. The van der Waals surface area contributed by atoms with E-state index in [0.29, 0.717) is 35.7 Å². The van der Waals surface area contributed by atoms with Crippen LogP contribution in [0.1, 0.15) is 44.6 Å². The second-order valence-electron chi connectivity index (χ2n) is 5.85. The molecule has 1 N–H and O–H groups in total. The molecule has 2 aromatic rings. The Balaban J connectivity index is 2.18. The fourth-order valence-corrected chi connectivity index (χ4v) is 2.74. The normalized spacial score (nSPS) is 10.4. The summed E-state index contributed by atoms with van der Waals surface area (Å²) in [6.07, 6.45) is 0. The summed E-state index contributed by atoms with van der Waals surface area (Å²) in [7, 11) is 3.34. The highest BCUT2D eigenvalue weighted by Crippen LogP contribution is 2.21. The van der Waals surface area contributed by atoms with Crippen molar-refractivity contribution < 1.29 is 19.1 Å². The first-order valence-electron chi connectivity index (χ1n) is 8.13. The number of nitrogens with zero attached hydrogens (tertiary/aromatic N) is 1. The van der Waals surface area contributed by atoms with E-state index in [1.54, 1.807) is 39.8 Å². The van der Waals surface area contributed by atoms with Crippen LogP contribution in [0.5, 0.6) is 5.75 Å². The van der Waals surface area contributed by atoms with Crippen molar-refractivity contribution in [2.75, 3.05) is 20.8 Å². The molecular formula is C19H24N2O4. The van der Waals surface area contributed by atoms with E-state index >= 15 is 0 Å². The van der Waals surface area contributed by atoms with E-state index in [9.17, 15) is 9.59 Å². The number of aromatic nitrogens is 1. The van der Waals surface area contributed by atoms with Crippen molar-refractivity contribution in [1.82, 2.24) is 9.88 Å². The lowest BCUT2D eigenvalue weighted by Gasteiger charge is -2.17. The molecule has 0 aliphatic carbocycles. The molecule has 6 heteroatoms. The lowest BCUT2D eigenvalue weighted by atomic mass is 10.1. The summed E-state index contributed by atoms with van der Waals surface area (Å²) in [5.41, 5.74) is 3.09. The number of methoxy groups -OCH3 is 1. The Labute approximate surface area is 147 Å². The molecule has 0 bridgehead atoms. The molecule has 0 saturated heterocycles. The SMILES string of the molecule is CCOC(=O)c1c(C)[nH]c(C(=O)N(C)Cc2ccc(OC)cc2)c1C. The molecule has 0 spiro atoms. The van der Waals surface area contributed by atoms with Gasteiger partial charge in [-0.1, -0.05) is 12.1 Å². The molecule has 25 heavy (non-hydrogen) atoms. The molecule has 0 fully saturated rings. The van der Waals surface area contributed by atoms with Crippen molar-refractivity contribution in [3.63, 3.8) is 0 Å². The van der Waals surface area contributed by atoms with Crippen LogP contribution in [0.25, 0.3) is 0 Å². The molecular weight excluding hydrogens is 320 g/mol. The first-order chi connectivity index (χ1) is 11.9. The number of aryl methyl sites for hydroxylation is 1. The van der Waals surface area contributed by atoms with E-state index in [1.165, 1.54) is 0 Å². The maximum Gasteiger partial charge on any atom is 0.340 e. The number of ether oxygens (including phenoxy) is 2. The highest BCUT2D eigenvalue weighted by atomic mass is 16.5. The molecule has 1 aromatic heterocycles. The number of carbonyl (C=O) groups is 2. The average Bonchev–Trinajstić information content (AvgIpc) is 2.89. The van der Waals surface area contributed by atoms with Gasteiger partial charge < -0.3 is 19.4 Å². The van der Waals surface area contributed by atoms with Gasteiger partial charge in [0.25, 0.3) is 5.91 Å². The maximum absolute atomic E-state index is 12.8. The number of aromatic amines is 1.